The van der Waals surface area contributed by atoms with Gasteiger partial charge in [0.2, 0.25) is 0 Å². The maximum Gasteiger partial charge on any atom is 0.124 e. The fourth-order valence-electron chi connectivity index (χ4n) is 1.12. The van der Waals surface area contributed by atoms with Gasteiger partial charge in [-0.15, -0.1) is 0 Å². The summed E-state index contributed by atoms with van der Waals surface area (Å²) in [5.41, 5.74) is 1.94. The van der Waals surface area contributed by atoms with Crippen LogP contribution < -0.4 is 0 Å². The SMILES string of the molecule is Cc1cc(Cl)c(C)c(CO)c1O. The zero-order valence-corrected chi connectivity index (χ0v) is 7.81. The number of halogens is 1. The molecule has 0 saturated carbocycles. The fourth-order valence-corrected chi connectivity index (χ4v) is 1.40. The number of aryl methyl sites for hydroxylation is 1. The third-order valence-corrected chi connectivity index (χ3v) is 2.36. The van der Waals surface area contributed by atoms with Gasteiger partial charge in [-0.1, -0.05) is 11.6 Å². The predicted molar refractivity (Wildman–Crippen MR) is 48.5 cm³/mol. The zero-order chi connectivity index (χ0) is 9.30. The molecule has 2 N–H and O–H groups in total. The number of benzene rings is 1. The second-order valence-corrected chi connectivity index (χ2v) is 3.19. The first-order chi connectivity index (χ1) is 5.57. The number of phenols is 1. The van der Waals surface area contributed by atoms with Crippen LogP contribution in [0.25, 0.3) is 0 Å². The Morgan fingerprint density at radius 1 is 1.42 bits per heavy atom. The first-order valence-corrected chi connectivity index (χ1v) is 4.04. The summed E-state index contributed by atoms with van der Waals surface area (Å²) in [5.74, 6) is 0.138. The monoisotopic (exact) mass is 186 g/mol. The first-order valence-electron chi connectivity index (χ1n) is 3.66. The van der Waals surface area contributed by atoms with Crippen LogP contribution in [0.5, 0.6) is 5.75 Å². The smallest absolute Gasteiger partial charge is 0.124 e. The maximum absolute atomic E-state index is 9.48. The van der Waals surface area contributed by atoms with E-state index in [1.54, 1.807) is 19.9 Å². The average molecular weight is 187 g/mol. The van der Waals surface area contributed by atoms with Crippen molar-refractivity contribution in [2.45, 2.75) is 20.5 Å². The van der Waals surface area contributed by atoms with E-state index in [0.29, 0.717) is 16.1 Å². The summed E-state index contributed by atoms with van der Waals surface area (Å²) < 4.78 is 0. The van der Waals surface area contributed by atoms with Crippen molar-refractivity contribution in [3.63, 3.8) is 0 Å². The van der Waals surface area contributed by atoms with Crippen molar-refractivity contribution in [2.75, 3.05) is 0 Å². The van der Waals surface area contributed by atoms with E-state index in [2.05, 4.69) is 0 Å². The Kier molecular flexibility index (Phi) is 2.60. The van der Waals surface area contributed by atoms with E-state index in [9.17, 15) is 5.11 Å². The lowest BCUT2D eigenvalue weighted by Gasteiger charge is -2.09. The first kappa shape index (κ1) is 9.36. The number of rotatable bonds is 1. The van der Waals surface area contributed by atoms with E-state index in [4.69, 9.17) is 16.7 Å². The van der Waals surface area contributed by atoms with Crippen molar-refractivity contribution in [1.82, 2.24) is 0 Å². The molecule has 0 atom stereocenters. The maximum atomic E-state index is 9.48. The van der Waals surface area contributed by atoms with Gasteiger partial charge in [0.1, 0.15) is 5.75 Å². The van der Waals surface area contributed by atoms with E-state index >= 15 is 0 Å². The quantitative estimate of drug-likeness (QED) is 0.706. The molecule has 1 aromatic rings. The van der Waals surface area contributed by atoms with Gasteiger partial charge in [0.05, 0.1) is 6.61 Å². The Labute approximate surface area is 76.4 Å². The Hall–Kier alpha value is -0.730. The van der Waals surface area contributed by atoms with Gasteiger partial charge in [0.25, 0.3) is 0 Å². The molecule has 1 aromatic carbocycles. The Balaban J connectivity index is 3.42. The molecule has 66 valence electrons. The lowest BCUT2D eigenvalue weighted by Crippen LogP contribution is -1.92. The van der Waals surface area contributed by atoms with Gasteiger partial charge < -0.3 is 10.2 Å². The van der Waals surface area contributed by atoms with Crippen molar-refractivity contribution >= 4 is 11.6 Å². The molecule has 12 heavy (non-hydrogen) atoms. The minimum Gasteiger partial charge on any atom is -0.507 e. The van der Waals surface area contributed by atoms with E-state index < -0.39 is 0 Å². The highest BCUT2D eigenvalue weighted by Gasteiger charge is 2.09. The normalized spacial score (nSPS) is 10.3. The van der Waals surface area contributed by atoms with Crippen molar-refractivity contribution in [3.8, 4) is 5.75 Å². The number of aliphatic hydroxyl groups excluding tert-OH is 1. The van der Waals surface area contributed by atoms with Gasteiger partial charge in [0.15, 0.2) is 0 Å². The number of aromatic hydroxyl groups is 1. The molecule has 0 aliphatic rings. The predicted octanol–water partition coefficient (Wildman–Crippen LogP) is 2.15. The van der Waals surface area contributed by atoms with E-state index in [0.717, 1.165) is 5.56 Å². The molecule has 0 radical (unpaired) electrons. The molecule has 0 heterocycles. The van der Waals surface area contributed by atoms with Crippen LogP contribution in [0.1, 0.15) is 16.7 Å². The van der Waals surface area contributed by atoms with Crippen LogP contribution in [0, 0.1) is 13.8 Å². The van der Waals surface area contributed by atoms with Crippen LogP contribution in [-0.4, -0.2) is 10.2 Å². The molecule has 0 spiro atoms. The minimum atomic E-state index is -0.181. The van der Waals surface area contributed by atoms with Gasteiger partial charge >= 0.3 is 0 Å². The summed E-state index contributed by atoms with van der Waals surface area (Å²) in [7, 11) is 0. The highest BCUT2D eigenvalue weighted by Crippen LogP contribution is 2.30. The fraction of sp³-hybridized carbons (Fsp3) is 0.333. The van der Waals surface area contributed by atoms with Crippen molar-refractivity contribution in [3.05, 3.63) is 27.8 Å². The molecule has 0 bridgehead atoms. The van der Waals surface area contributed by atoms with Crippen LogP contribution in [0.4, 0.5) is 0 Å². The average Bonchev–Trinajstić information content (AvgIpc) is 2.02. The van der Waals surface area contributed by atoms with Gasteiger partial charge in [-0.2, -0.15) is 0 Å². The van der Waals surface area contributed by atoms with Crippen molar-refractivity contribution in [1.29, 1.82) is 0 Å². The molecule has 0 unspecified atom stereocenters. The molecule has 0 saturated heterocycles. The lowest BCUT2D eigenvalue weighted by atomic mass is 10.0. The summed E-state index contributed by atoms with van der Waals surface area (Å²) in [5, 5.41) is 19.0. The van der Waals surface area contributed by atoms with Crippen molar-refractivity contribution in [2.24, 2.45) is 0 Å². The molecular weight excluding hydrogens is 176 g/mol. The summed E-state index contributed by atoms with van der Waals surface area (Å²) in [4.78, 5) is 0. The highest BCUT2D eigenvalue weighted by molar-refractivity contribution is 6.31. The van der Waals surface area contributed by atoms with E-state index in [1.165, 1.54) is 0 Å². The van der Waals surface area contributed by atoms with E-state index in [-0.39, 0.29) is 12.4 Å². The van der Waals surface area contributed by atoms with Gasteiger partial charge in [0, 0.05) is 10.6 Å². The van der Waals surface area contributed by atoms with Crippen LogP contribution in [0.3, 0.4) is 0 Å². The highest BCUT2D eigenvalue weighted by atomic mass is 35.5. The molecule has 0 aliphatic carbocycles. The second-order valence-electron chi connectivity index (χ2n) is 2.79. The van der Waals surface area contributed by atoms with Gasteiger partial charge in [-0.25, -0.2) is 0 Å². The number of aliphatic hydroxyl groups is 1. The molecule has 0 fully saturated rings. The van der Waals surface area contributed by atoms with E-state index in [1.807, 2.05) is 0 Å². The third kappa shape index (κ3) is 1.40. The molecule has 0 amide bonds. The Bertz CT molecular complexity index is 282. The third-order valence-electron chi connectivity index (χ3n) is 1.97. The molecule has 0 aliphatic heterocycles. The van der Waals surface area contributed by atoms with Gasteiger partial charge in [-0.05, 0) is 31.0 Å². The van der Waals surface area contributed by atoms with Gasteiger partial charge in [-0.3, -0.25) is 0 Å². The Morgan fingerprint density at radius 2 is 2.00 bits per heavy atom. The number of hydrogen-bond donors (Lipinski definition) is 2. The molecule has 3 heteroatoms. The minimum absolute atomic E-state index is 0.138. The summed E-state index contributed by atoms with van der Waals surface area (Å²) in [6.45, 7) is 3.34. The molecule has 0 aromatic heterocycles. The lowest BCUT2D eigenvalue weighted by molar-refractivity contribution is 0.274. The number of hydrogen-bond acceptors (Lipinski definition) is 2. The largest absolute Gasteiger partial charge is 0.507 e. The zero-order valence-electron chi connectivity index (χ0n) is 7.06. The second kappa shape index (κ2) is 3.33. The molecule has 2 nitrogen and oxygen atoms in total. The molecule has 1 rings (SSSR count). The van der Waals surface area contributed by atoms with Crippen molar-refractivity contribution < 1.29 is 10.2 Å². The summed E-state index contributed by atoms with van der Waals surface area (Å²) >= 11 is 5.85. The molecular formula is C9H11ClO2. The Morgan fingerprint density at radius 3 is 2.50 bits per heavy atom. The van der Waals surface area contributed by atoms with Crippen LogP contribution in [0.15, 0.2) is 6.07 Å². The standard InChI is InChI=1S/C9H11ClO2/c1-5-3-8(10)6(2)7(4-11)9(5)12/h3,11-12H,4H2,1-2H3. The summed E-state index contributed by atoms with van der Waals surface area (Å²) in [6, 6.07) is 1.69. The van der Waals surface area contributed by atoms with Crippen LogP contribution >= 0.6 is 11.6 Å². The topological polar surface area (TPSA) is 40.5 Å². The van der Waals surface area contributed by atoms with Crippen LogP contribution in [0.2, 0.25) is 5.02 Å². The van der Waals surface area contributed by atoms with Crippen LogP contribution in [-0.2, 0) is 6.61 Å². The summed E-state index contributed by atoms with van der Waals surface area (Å²) in [6.07, 6.45) is 0.